The zero-order valence-corrected chi connectivity index (χ0v) is 13.2. The summed E-state index contributed by atoms with van der Waals surface area (Å²) in [5, 5.41) is 17.6. The summed E-state index contributed by atoms with van der Waals surface area (Å²) in [6, 6.07) is 11.4. The lowest BCUT2D eigenvalue weighted by atomic mass is 10.1. The van der Waals surface area contributed by atoms with Crippen molar-refractivity contribution in [3.8, 4) is 0 Å². The number of carbonyl (C=O) groups excluding carboxylic acids is 2. The minimum Gasteiger partial charge on any atom is -0.478 e. The first-order valence-corrected chi connectivity index (χ1v) is 7.15. The van der Waals surface area contributed by atoms with E-state index in [2.05, 4.69) is 16.0 Å². The van der Waals surface area contributed by atoms with Gasteiger partial charge < -0.3 is 21.1 Å². The summed E-state index contributed by atoms with van der Waals surface area (Å²) < 4.78 is 0. The van der Waals surface area contributed by atoms with Gasteiger partial charge >= 0.3 is 5.97 Å². The van der Waals surface area contributed by atoms with Gasteiger partial charge in [-0.25, -0.2) is 4.79 Å². The number of carboxylic acids is 1. The van der Waals surface area contributed by atoms with Gasteiger partial charge in [0.2, 0.25) is 11.8 Å². The van der Waals surface area contributed by atoms with Crippen LogP contribution < -0.4 is 16.0 Å². The van der Waals surface area contributed by atoms with Crippen molar-refractivity contribution in [3.05, 3.63) is 48.0 Å². The molecule has 0 aliphatic heterocycles. The predicted octanol–water partition coefficient (Wildman–Crippen LogP) is 3.05. The Bertz CT molecular complexity index is 802. The van der Waals surface area contributed by atoms with Crippen LogP contribution in [-0.2, 0) is 9.59 Å². The first-order chi connectivity index (χ1) is 11.4. The third kappa shape index (κ3) is 4.33. The Kier molecular flexibility index (Phi) is 5.16. The Morgan fingerprint density at radius 3 is 2.12 bits per heavy atom. The molecule has 2 rings (SSSR count). The van der Waals surface area contributed by atoms with Gasteiger partial charge in [-0.05, 0) is 30.3 Å². The van der Waals surface area contributed by atoms with Gasteiger partial charge in [-0.2, -0.15) is 0 Å². The van der Waals surface area contributed by atoms with Crippen molar-refractivity contribution in [2.75, 3.05) is 16.0 Å². The fourth-order valence-electron chi connectivity index (χ4n) is 2.18. The van der Waals surface area contributed by atoms with E-state index in [4.69, 9.17) is 0 Å². The molecule has 0 fully saturated rings. The number of amides is 2. The molecule has 7 heteroatoms. The predicted molar refractivity (Wildman–Crippen MR) is 91.7 cm³/mol. The van der Waals surface area contributed by atoms with Crippen molar-refractivity contribution in [3.63, 3.8) is 0 Å². The number of carbonyl (C=O) groups is 3. The molecule has 0 aromatic heterocycles. The Morgan fingerprint density at radius 1 is 0.875 bits per heavy atom. The van der Waals surface area contributed by atoms with E-state index >= 15 is 0 Å². The summed E-state index contributed by atoms with van der Waals surface area (Å²) in [6.45, 7) is 2.74. The minimum atomic E-state index is -1.12. The van der Waals surface area contributed by atoms with E-state index in [1.807, 2.05) is 0 Å². The maximum absolute atomic E-state index is 11.5. The van der Waals surface area contributed by atoms with E-state index in [0.717, 1.165) is 0 Å². The maximum atomic E-state index is 11.5. The number of para-hydroxylation sites is 1. The summed E-state index contributed by atoms with van der Waals surface area (Å²) in [5.74, 6) is -1.65. The van der Waals surface area contributed by atoms with Gasteiger partial charge in [-0.3, -0.25) is 9.59 Å². The molecule has 2 aromatic carbocycles. The van der Waals surface area contributed by atoms with Crippen molar-refractivity contribution >= 4 is 40.5 Å². The lowest BCUT2D eigenvalue weighted by Gasteiger charge is -2.15. The topological polar surface area (TPSA) is 108 Å². The molecule has 7 nitrogen and oxygen atoms in total. The average Bonchev–Trinajstić information content (AvgIpc) is 2.48. The van der Waals surface area contributed by atoms with Gasteiger partial charge in [-0.1, -0.05) is 12.1 Å². The molecule has 0 saturated carbocycles. The van der Waals surface area contributed by atoms with Crippen molar-refractivity contribution in [1.29, 1.82) is 0 Å². The summed E-state index contributed by atoms with van der Waals surface area (Å²) in [5.41, 5.74) is 1.78. The lowest BCUT2D eigenvalue weighted by molar-refractivity contribution is -0.115. The quantitative estimate of drug-likeness (QED) is 0.675. The van der Waals surface area contributed by atoms with Crippen LogP contribution in [0.4, 0.5) is 22.7 Å². The maximum Gasteiger partial charge on any atom is 0.337 e. The third-order valence-corrected chi connectivity index (χ3v) is 3.06. The number of carboxylic acid groups (broad SMARTS) is 1. The molecular formula is C17H17N3O4. The van der Waals surface area contributed by atoms with Crippen molar-refractivity contribution in [2.24, 2.45) is 0 Å². The van der Waals surface area contributed by atoms with Crippen molar-refractivity contribution in [1.82, 2.24) is 0 Å². The van der Waals surface area contributed by atoms with E-state index in [0.29, 0.717) is 17.1 Å². The number of nitrogens with one attached hydrogen (secondary N) is 3. The van der Waals surface area contributed by atoms with Crippen molar-refractivity contribution < 1.29 is 19.5 Å². The van der Waals surface area contributed by atoms with Crippen LogP contribution in [0.3, 0.4) is 0 Å². The zero-order chi connectivity index (χ0) is 17.7. The third-order valence-electron chi connectivity index (χ3n) is 3.06. The molecule has 0 spiro atoms. The van der Waals surface area contributed by atoms with Crippen LogP contribution in [-0.4, -0.2) is 22.9 Å². The largest absolute Gasteiger partial charge is 0.478 e. The Labute approximate surface area is 138 Å². The van der Waals surface area contributed by atoms with Crippen LogP contribution >= 0.6 is 0 Å². The summed E-state index contributed by atoms with van der Waals surface area (Å²) in [6.07, 6.45) is 0. The number of aromatic carboxylic acids is 1. The molecule has 24 heavy (non-hydrogen) atoms. The Hall–Kier alpha value is -3.35. The lowest BCUT2D eigenvalue weighted by Crippen LogP contribution is -2.11. The van der Waals surface area contributed by atoms with Gasteiger partial charge in [0.15, 0.2) is 0 Å². The second-order valence-electron chi connectivity index (χ2n) is 5.10. The summed E-state index contributed by atoms with van der Waals surface area (Å²) >= 11 is 0. The summed E-state index contributed by atoms with van der Waals surface area (Å²) in [4.78, 5) is 33.9. The highest BCUT2D eigenvalue weighted by atomic mass is 16.4. The molecule has 0 atom stereocenters. The minimum absolute atomic E-state index is 0.0196. The highest BCUT2D eigenvalue weighted by molar-refractivity contribution is 6.03. The summed E-state index contributed by atoms with van der Waals surface area (Å²) in [7, 11) is 0. The van der Waals surface area contributed by atoms with Crippen LogP contribution in [0.5, 0.6) is 0 Å². The van der Waals surface area contributed by atoms with Gasteiger partial charge in [0.25, 0.3) is 0 Å². The number of hydrogen-bond acceptors (Lipinski definition) is 4. The molecule has 0 bridgehead atoms. The average molecular weight is 327 g/mol. The molecule has 0 aliphatic carbocycles. The highest BCUT2D eigenvalue weighted by Crippen LogP contribution is 2.30. The van der Waals surface area contributed by atoms with E-state index in [9.17, 15) is 19.5 Å². The first-order valence-electron chi connectivity index (χ1n) is 7.15. The standard InChI is InChI=1S/C17H17N3O4/c1-10(21)18-12-5-3-6-13(9-12)20-16-14(17(23)24)7-4-8-15(16)19-11(2)22/h3-9,20H,1-2H3,(H,18,21)(H,19,22)(H,23,24). The first kappa shape index (κ1) is 17.0. The van der Waals surface area contributed by atoms with Crippen LogP contribution in [0.1, 0.15) is 24.2 Å². The smallest absolute Gasteiger partial charge is 0.337 e. The second kappa shape index (κ2) is 7.28. The van der Waals surface area contributed by atoms with Crippen LogP contribution in [0.25, 0.3) is 0 Å². The second-order valence-corrected chi connectivity index (χ2v) is 5.10. The van der Waals surface area contributed by atoms with Crippen molar-refractivity contribution in [2.45, 2.75) is 13.8 Å². The molecule has 0 radical (unpaired) electrons. The fourth-order valence-corrected chi connectivity index (χ4v) is 2.18. The molecule has 4 N–H and O–H groups in total. The molecule has 2 aromatic rings. The van der Waals surface area contributed by atoms with Gasteiger partial charge in [0.05, 0.1) is 16.9 Å². The van der Waals surface area contributed by atoms with Crippen LogP contribution in [0, 0.1) is 0 Å². The van der Waals surface area contributed by atoms with Gasteiger partial charge in [0.1, 0.15) is 0 Å². The Morgan fingerprint density at radius 2 is 1.50 bits per heavy atom. The zero-order valence-electron chi connectivity index (χ0n) is 13.2. The van der Waals surface area contributed by atoms with E-state index < -0.39 is 5.97 Å². The highest BCUT2D eigenvalue weighted by Gasteiger charge is 2.15. The monoisotopic (exact) mass is 327 g/mol. The fraction of sp³-hybridized carbons (Fsp3) is 0.118. The normalized spacial score (nSPS) is 9.92. The van der Waals surface area contributed by atoms with E-state index in [1.54, 1.807) is 36.4 Å². The number of rotatable bonds is 5. The molecule has 0 aliphatic rings. The molecule has 0 unspecified atom stereocenters. The molecule has 2 amide bonds. The Balaban J connectivity index is 2.42. The molecule has 0 heterocycles. The molecule has 124 valence electrons. The van der Waals surface area contributed by atoms with Crippen LogP contribution in [0.2, 0.25) is 0 Å². The SMILES string of the molecule is CC(=O)Nc1cccc(Nc2c(NC(C)=O)cccc2C(=O)O)c1. The van der Waals surface area contributed by atoms with Gasteiger partial charge in [0, 0.05) is 25.2 Å². The van der Waals surface area contributed by atoms with E-state index in [1.165, 1.54) is 19.9 Å². The van der Waals surface area contributed by atoms with Crippen LogP contribution in [0.15, 0.2) is 42.5 Å². The van der Waals surface area contributed by atoms with Gasteiger partial charge in [-0.15, -0.1) is 0 Å². The molecule has 0 saturated heterocycles. The van der Waals surface area contributed by atoms with E-state index in [-0.39, 0.29) is 23.1 Å². The number of hydrogen-bond donors (Lipinski definition) is 4. The molecular weight excluding hydrogens is 310 g/mol. The number of anilines is 4. The number of benzene rings is 2.